The fourth-order valence-electron chi connectivity index (χ4n) is 3.94. The van der Waals surface area contributed by atoms with E-state index in [9.17, 15) is 24.3 Å². The van der Waals surface area contributed by atoms with E-state index in [4.69, 9.17) is 14.6 Å². The number of carboxylic acid groups (broad SMARTS) is 1. The van der Waals surface area contributed by atoms with Crippen LogP contribution in [0.1, 0.15) is 45.8 Å². The second-order valence-corrected chi connectivity index (χ2v) is 9.17. The maximum absolute atomic E-state index is 13.4. The molecule has 0 fully saturated rings. The van der Waals surface area contributed by atoms with Crippen LogP contribution in [0.5, 0.6) is 11.5 Å². The molecule has 200 valence electrons. The Morgan fingerprint density at radius 3 is 2.42 bits per heavy atom. The van der Waals surface area contributed by atoms with Crippen LogP contribution in [0.25, 0.3) is 0 Å². The maximum atomic E-state index is 13.4. The summed E-state index contributed by atoms with van der Waals surface area (Å²) >= 11 is 0. The van der Waals surface area contributed by atoms with Crippen LogP contribution in [0, 0.1) is 5.92 Å². The SMILES string of the molecule is CC[C@@]1(C)Oc2cc(ccc2OC)[C@@H](O)[C@H](NC)C(=O)N[C@@H](C(C)C)C(=O)N[C@@H]1C(=O)NCC(=O)O. The highest BCUT2D eigenvalue weighted by molar-refractivity contribution is 5.94. The Hall–Kier alpha value is -3.38. The van der Waals surface area contributed by atoms with Crippen molar-refractivity contribution in [3.8, 4) is 11.5 Å². The third-order valence-corrected chi connectivity index (χ3v) is 6.30. The van der Waals surface area contributed by atoms with Crippen LogP contribution >= 0.6 is 0 Å². The van der Waals surface area contributed by atoms with Crippen molar-refractivity contribution in [3.63, 3.8) is 0 Å². The van der Waals surface area contributed by atoms with Crippen molar-refractivity contribution in [1.82, 2.24) is 21.3 Å². The summed E-state index contributed by atoms with van der Waals surface area (Å²) < 4.78 is 11.7. The van der Waals surface area contributed by atoms with E-state index in [1.807, 2.05) is 0 Å². The zero-order chi connectivity index (χ0) is 27.2. The van der Waals surface area contributed by atoms with Crippen molar-refractivity contribution in [2.24, 2.45) is 5.92 Å². The van der Waals surface area contributed by atoms with Gasteiger partial charge in [0.25, 0.3) is 0 Å². The van der Waals surface area contributed by atoms with Gasteiger partial charge in [0, 0.05) is 0 Å². The average molecular weight is 509 g/mol. The molecule has 3 amide bonds. The largest absolute Gasteiger partial charge is 0.493 e. The van der Waals surface area contributed by atoms with E-state index in [-0.39, 0.29) is 18.1 Å². The number of amides is 3. The Morgan fingerprint density at radius 1 is 1.22 bits per heavy atom. The number of benzene rings is 1. The molecule has 0 aliphatic carbocycles. The Kier molecular flexibility index (Phi) is 9.65. The number of carboxylic acids is 1. The molecule has 6 N–H and O–H groups in total. The lowest BCUT2D eigenvalue weighted by atomic mass is 9.91. The quantitative estimate of drug-likeness (QED) is 0.289. The first-order valence-electron chi connectivity index (χ1n) is 11.7. The Labute approximate surface area is 210 Å². The first kappa shape index (κ1) is 28.9. The van der Waals surface area contributed by atoms with Crippen LogP contribution in [0.3, 0.4) is 0 Å². The van der Waals surface area contributed by atoms with Gasteiger partial charge in [-0.1, -0.05) is 26.8 Å². The van der Waals surface area contributed by atoms with E-state index < -0.39 is 60.1 Å². The molecule has 0 saturated heterocycles. The lowest BCUT2D eigenvalue weighted by Gasteiger charge is -2.38. The van der Waals surface area contributed by atoms with E-state index in [0.717, 1.165) is 0 Å². The minimum absolute atomic E-state index is 0.165. The molecule has 2 rings (SSSR count). The van der Waals surface area contributed by atoms with Gasteiger partial charge in [0.15, 0.2) is 11.5 Å². The summed E-state index contributed by atoms with van der Waals surface area (Å²) in [5, 5.41) is 30.4. The molecule has 0 spiro atoms. The topological polar surface area (TPSA) is 175 Å². The minimum Gasteiger partial charge on any atom is -0.493 e. The molecular formula is C24H36N4O8. The van der Waals surface area contributed by atoms with Crippen molar-refractivity contribution in [3.05, 3.63) is 23.8 Å². The number of carbonyl (C=O) groups excluding carboxylic acids is 3. The highest BCUT2D eigenvalue weighted by atomic mass is 16.5. The van der Waals surface area contributed by atoms with Crippen molar-refractivity contribution in [2.45, 2.75) is 63.9 Å². The number of aliphatic carboxylic acids is 1. The third-order valence-electron chi connectivity index (χ3n) is 6.30. The van der Waals surface area contributed by atoms with Gasteiger partial charge in [-0.25, -0.2) is 0 Å². The van der Waals surface area contributed by atoms with Gasteiger partial charge in [-0.05, 0) is 44.0 Å². The van der Waals surface area contributed by atoms with Gasteiger partial charge >= 0.3 is 5.97 Å². The lowest BCUT2D eigenvalue weighted by molar-refractivity contribution is -0.141. The molecule has 0 unspecified atom stereocenters. The predicted molar refractivity (Wildman–Crippen MR) is 129 cm³/mol. The second kappa shape index (κ2) is 12.0. The summed E-state index contributed by atoms with van der Waals surface area (Å²) in [6.45, 7) is 6.11. The maximum Gasteiger partial charge on any atom is 0.322 e. The number of ether oxygens (including phenoxy) is 2. The number of nitrogens with one attached hydrogen (secondary N) is 4. The van der Waals surface area contributed by atoms with Gasteiger partial charge in [-0.3, -0.25) is 19.2 Å². The van der Waals surface area contributed by atoms with Crippen molar-refractivity contribution >= 4 is 23.7 Å². The number of aliphatic hydroxyl groups is 1. The summed E-state index contributed by atoms with van der Waals surface area (Å²) in [6, 6.07) is 1.14. The van der Waals surface area contributed by atoms with E-state index in [1.165, 1.54) is 20.2 Å². The zero-order valence-electron chi connectivity index (χ0n) is 21.4. The van der Waals surface area contributed by atoms with Gasteiger partial charge in [0.1, 0.15) is 36.4 Å². The van der Waals surface area contributed by atoms with Crippen LogP contribution in [0.4, 0.5) is 0 Å². The monoisotopic (exact) mass is 508 g/mol. The second-order valence-electron chi connectivity index (χ2n) is 9.17. The molecule has 1 aromatic carbocycles. The number of rotatable bonds is 7. The molecule has 0 saturated carbocycles. The number of fused-ring (bicyclic) bond motifs is 2. The molecule has 12 nitrogen and oxygen atoms in total. The number of aliphatic hydroxyl groups excluding tert-OH is 1. The van der Waals surface area contributed by atoms with Gasteiger partial charge in [-0.2, -0.15) is 0 Å². The van der Waals surface area contributed by atoms with Crippen LogP contribution < -0.4 is 30.7 Å². The first-order valence-corrected chi connectivity index (χ1v) is 11.7. The van der Waals surface area contributed by atoms with Gasteiger partial charge in [-0.15, -0.1) is 0 Å². The summed E-state index contributed by atoms with van der Waals surface area (Å²) in [5.74, 6) is -3.25. The standard InChI is InChI=1S/C24H36N4O8/c1-7-24(4)20(23(34)26-11-16(29)30)28-21(32)17(12(2)3)27-22(33)18(25-5)19(31)13-8-9-14(35-6)15(10-13)36-24/h8-10,12,17-20,25,31H,7,11H2,1-6H3,(H,26,34)(H,27,33)(H,28,32)(H,29,30)/t17-,18-,19+,20+,24+/m0/s1. The number of hydrogen-bond donors (Lipinski definition) is 6. The van der Waals surface area contributed by atoms with Crippen LogP contribution in [0.15, 0.2) is 18.2 Å². The van der Waals surface area contributed by atoms with E-state index in [0.29, 0.717) is 11.3 Å². The molecule has 1 heterocycles. The fourth-order valence-corrected chi connectivity index (χ4v) is 3.94. The molecule has 5 atom stereocenters. The van der Waals surface area contributed by atoms with Crippen molar-refractivity contribution < 1.29 is 38.9 Å². The van der Waals surface area contributed by atoms with E-state index in [2.05, 4.69) is 21.3 Å². The van der Waals surface area contributed by atoms with Crippen LogP contribution in [0.2, 0.25) is 0 Å². The van der Waals surface area contributed by atoms with Crippen LogP contribution in [-0.2, 0) is 19.2 Å². The summed E-state index contributed by atoms with van der Waals surface area (Å²) in [4.78, 5) is 50.7. The molecule has 36 heavy (non-hydrogen) atoms. The summed E-state index contributed by atoms with van der Waals surface area (Å²) in [6.07, 6.45) is -1.09. The zero-order valence-corrected chi connectivity index (χ0v) is 21.4. The van der Waals surface area contributed by atoms with Gasteiger partial charge in [0.2, 0.25) is 17.7 Å². The number of likely N-dealkylation sites (N-methyl/N-ethyl adjacent to an activating group) is 1. The summed E-state index contributed by atoms with van der Waals surface area (Å²) in [7, 11) is 2.93. The Morgan fingerprint density at radius 2 is 1.89 bits per heavy atom. The fraction of sp³-hybridized carbons (Fsp3) is 0.583. The molecule has 0 aromatic heterocycles. The van der Waals surface area contributed by atoms with Gasteiger partial charge < -0.3 is 41.0 Å². The van der Waals surface area contributed by atoms with Crippen LogP contribution in [-0.4, -0.2) is 78.3 Å². The first-order chi connectivity index (χ1) is 16.9. The third kappa shape index (κ3) is 6.43. The molecule has 1 aliphatic heterocycles. The molecule has 2 bridgehead atoms. The Bertz CT molecular complexity index is 985. The smallest absolute Gasteiger partial charge is 0.322 e. The lowest BCUT2D eigenvalue weighted by Crippen LogP contribution is -2.65. The predicted octanol–water partition coefficient (Wildman–Crippen LogP) is -0.296. The van der Waals surface area contributed by atoms with Gasteiger partial charge in [0.05, 0.1) is 7.11 Å². The minimum atomic E-state index is -1.38. The highest BCUT2D eigenvalue weighted by Gasteiger charge is 2.44. The van der Waals surface area contributed by atoms with Crippen molar-refractivity contribution in [2.75, 3.05) is 20.7 Å². The van der Waals surface area contributed by atoms with E-state index >= 15 is 0 Å². The molecule has 12 heteroatoms. The number of carbonyl (C=O) groups is 4. The average Bonchev–Trinajstić information content (AvgIpc) is 2.83. The molecule has 0 radical (unpaired) electrons. The normalized spacial score (nSPS) is 26.9. The summed E-state index contributed by atoms with van der Waals surface area (Å²) in [5.41, 5.74) is -1.04. The number of methoxy groups -OCH3 is 1. The van der Waals surface area contributed by atoms with E-state index in [1.54, 1.807) is 39.8 Å². The Balaban J connectivity index is 2.70. The number of hydrogen-bond acceptors (Lipinski definition) is 8. The molecule has 1 aliphatic rings. The van der Waals surface area contributed by atoms with Crippen molar-refractivity contribution in [1.29, 1.82) is 0 Å². The molecule has 1 aromatic rings. The molecular weight excluding hydrogens is 472 g/mol. The highest BCUT2D eigenvalue weighted by Crippen LogP contribution is 2.36.